The first-order chi connectivity index (χ1) is 9.71. The van der Waals surface area contributed by atoms with Crippen molar-refractivity contribution in [3.63, 3.8) is 0 Å². The quantitative estimate of drug-likeness (QED) is 0.656. The molecule has 1 N–H and O–H groups in total. The first kappa shape index (κ1) is 17.5. The Hall–Kier alpha value is -0.580. The molecule has 0 bridgehead atoms. The molecule has 1 rings (SSSR count). The largest absolute Gasteiger partial charge is 0.493 e. The Kier molecular flexibility index (Phi) is 8.90. The summed E-state index contributed by atoms with van der Waals surface area (Å²) in [4.78, 5) is 2.42. The summed E-state index contributed by atoms with van der Waals surface area (Å²) in [5, 5.41) is 3.50. The molecule has 0 saturated heterocycles. The maximum Gasteiger partial charge on any atom is 0.123 e. The summed E-state index contributed by atoms with van der Waals surface area (Å²) in [5.41, 5.74) is 1.22. The van der Waals surface area contributed by atoms with Crippen LogP contribution in [0.4, 0.5) is 0 Å². The molecule has 20 heavy (non-hydrogen) atoms. The van der Waals surface area contributed by atoms with E-state index in [1.807, 2.05) is 12.1 Å². The first-order valence-electron chi connectivity index (χ1n) is 7.55. The number of hydrogen-bond acceptors (Lipinski definition) is 3. The van der Waals surface area contributed by atoms with Crippen molar-refractivity contribution in [2.75, 3.05) is 32.8 Å². The van der Waals surface area contributed by atoms with Gasteiger partial charge in [0.15, 0.2) is 0 Å². The second-order valence-corrected chi connectivity index (χ2v) is 5.72. The minimum absolute atomic E-state index is 0.772. The van der Waals surface area contributed by atoms with Crippen LogP contribution in [0.5, 0.6) is 5.75 Å². The minimum atomic E-state index is 0.772. The lowest BCUT2D eigenvalue weighted by molar-refractivity contribution is 0.299. The molecule has 0 amide bonds. The van der Waals surface area contributed by atoms with Crippen LogP contribution in [0.3, 0.4) is 0 Å². The van der Waals surface area contributed by atoms with Gasteiger partial charge in [-0.25, -0.2) is 0 Å². The molecule has 0 aromatic heterocycles. The predicted octanol–water partition coefficient (Wildman–Crippen LogP) is 3.67. The monoisotopic (exact) mass is 342 g/mol. The van der Waals surface area contributed by atoms with Crippen LogP contribution in [0.25, 0.3) is 0 Å². The van der Waals surface area contributed by atoms with E-state index in [2.05, 4.69) is 53.0 Å². The van der Waals surface area contributed by atoms with Crippen molar-refractivity contribution in [1.29, 1.82) is 0 Å². The summed E-state index contributed by atoms with van der Waals surface area (Å²) < 4.78 is 6.89. The van der Waals surface area contributed by atoms with Crippen molar-refractivity contribution < 1.29 is 4.74 Å². The van der Waals surface area contributed by atoms with E-state index in [1.54, 1.807) is 0 Å². The fraction of sp³-hybridized carbons (Fsp3) is 0.625. The Morgan fingerprint density at radius 3 is 2.60 bits per heavy atom. The fourth-order valence-electron chi connectivity index (χ4n) is 2.04. The van der Waals surface area contributed by atoms with Crippen molar-refractivity contribution in [1.82, 2.24) is 10.2 Å². The number of halogens is 1. The second kappa shape index (κ2) is 10.2. The minimum Gasteiger partial charge on any atom is -0.493 e. The van der Waals surface area contributed by atoms with E-state index in [9.17, 15) is 0 Å². The van der Waals surface area contributed by atoms with E-state index < -0.39 is 0 Å². The standard InChI is InChI=1S/C16H27BrN2O/c1-4-11-20-16-8-7-15(17)12-14(16)13-18-9-10-19(5-2)6-3/h7-8,12,18H,4-6,9-11,13H2,1-3H3. The van der Waals surface area contributed by atoms with E-state index in [0.717, 1.165) is 56.0 Å². The highest BCUT2D eigenvalue weighted by molar-refractivity contribution is 9.10. The Balaban J connectivity index is 2.47. The van der Waals surface area contributed by atoms with E-state index in [4.69, 9.17) is 4.74 Å². The average molecular weight is 343 g/mol. The van der Waals surface area contributed by atoms with Crippen LogP contribution in [0, 0.1) is 0 Å². The van der Waals surface area contributed by atoms with Crippen molar-refractivity contribution in [2.45, 2.75) is 33.7 Å². The molecule has 0 unspecified atom stereocenters. The molecular formula is C16H27BrN2O. The van der Waals surface area contributed by atoms with Gasteiger partial charge >= 0.3 is 0 Å². The van der Waals surface area contributed by atoms with Gasteiger partial charge in [-0.1, -0.05) is 36.7 Å². The summed E-state index contributed by atoms with van der Waals surface area (Å²) in [6.45, 7) is 12.5. The maximum absolute atomic E-state index is 5.79. The molecule has 1 aromatic rings. The van der Waals surface area contributed by atoms with Crippen LogP contribution in [-0.4, -0.2) is 37.7 Å². The highest BCUT2D eigenvalue weighted by Gasteiger charge is 2.05. The van der Waals surface area contributed by atoms with E-state index in [-0.39, 0.29) is 0 Å². The lowest BCUT2D eigenvalue weighted by Gasteiger charge is -2.18. The summed E-state index contributed by atoms with van der Waals surface area (Å²) in [6, 6.07) is 6.21. The fourth-order valence-corrected chi connectivity index (χ4v) is 2.45. The number of likely N-dealkylation sites (N-methyl/N-ethyl adjacent to an activating group) is 1. The van der Waals surface area contributed by atoms with Gasteiger partial charge in [-0.05, 0) is 37.7 Å². The van der Waals surface area contributed by atoms with Crippen molar-refractivity contribution in [2.24, 2.45) is 0 Å². The number of nitrogens with one attached hydrogen (secondary N) is 1. The number of nitrogens with zero attached hydrogens (tertiary/aromatic N) is 1. The Bertz CT molecular complexity index is 381. The summed E-state index contributed by atoms with van der Waals surface area (Å²) in [6.07, 6.45) is 1.03. The normalized spacial score (nSPS) is 11.1. The van der Waals surface area contributed by atoms with E-state index >= 15 is 0 Å². The smallest absolute Gasteiger partial charge is 0.123 e. The number of ether oxygens (including phenoxy) is 1. The molecule has 4 heteroatoms. The van der Waals surface area contributed by atoms with Crippen LogP contribution in [0.2, 0.25) is 0 Å². The Morgan fingerprint density at radius 2 is 1.95 bits per heavy atom. The average Bonchev–Trinajstić information content (AvgIpc) is 2.46. The third-order valence-corrected chi connectivity index (χ3v) is 3.79. The van der Waals surface area contributed by atoms with Gasteiger partial charge < -0.3 is 15.0 Å². The molecule has 0 aliphatic carbocycles. The van der Waals surface area contributed by atoms with Crippen LogP contribution in [0.1, 0.15) is 32.8 Å². The zero-order valence-electron chi connectivity index (χ0n) is 12.9. The maximum atomic E-state index is 5.79. The van der Waals surface area contributed by atoms with E-state index in [0.29, 0.717) is 0 Å². The first-order valence-corrected chi connectivity index (χ1v) is 8.34. The molecule has 0 heterocycles. The Labute approximate surface area is 131 Å². The molecular weight excluding hydrogens is 316 g/mol. The molecule has 1 aromatic carbocycles. The third-order valence-electron chi connectivity index (χ3n) is 3.30. The molecule has 0 atom stereocenters. The topological polar surface area (TPSA) is 24.5 Å². The lowest BCUT2D eigenvalue weighted by atomic mass is 10.2. The molecule has 0 fully saturated rings. The summed E-state index contributed by atoms with van der Waals surface area (Å²) in [7, 11) is 0. The van der Waals surface area contributed by atoms with Crippen molar-refractivity contribution >= 4 is 15.9 Å². The van der Waals surface area contributed by atoms with Gasteiger partial charge in [0, 0.05) is 29.7 Å². The van der Waals surface area contributed by atoms with Gasteiger partial charge in [-0.3, -0.25) is 0 Å². The molecule has 0 spiro atoms. The number of hydrogen-bond donors (Lipinski definition) is 1. The molecule has 0 radical (unpaired) electrons. The zero-order valence-corrected chi connectivity index (χ0v) is 14.5. The van der Waals surface area contributed by atoms with E-state index in [1.165, 1.54) is 5.56 Å². The van der Waals surface area contributed by atoms with Crippen LogP contribution in [0.15, 0.2) is 22.7 Å². The van der Waals surface area contributed by atoms with Gasteiger partial charge in [-0.15, -0.1) is 0 Å². The molecule has 0 aliphatic heterocycles. The molecule has 0 saturated carbocycles. The lowest BCUT2D eigenvalue weighted by Crippen LogP contribution is -2.31. The molecule has 3 nitrogen and oxygen atoms in total. The van der Waals surface area contributed by atoms with Gasteiger partial charge in [-0.2, -0.15) is 0 Å². The van der Waals surface area contributed by atoms with Gasteiger partial charge in [0.25, 0.3) is 0 Å². The van der Waals surface area contributed by atoms with Crippen molar-refractivity contribution in [3.05, 3.63) is 28.2 Å². The number of benzene rings is 1. The predicted molar refractivity (Wildman–Crippen MR) is 89.4 cm³/mol. The summed E-state index contributed by atoms with van der Waals surface area (Å²) in [5.74, 6) is 0.991. The van der Waals surface area contributed by atoms with Crippen LogP contribution >= 0.6 is 15.9 Å². The Morgan fingerprint density at radius 1 is 1.20 bits per heavy atom. The molecule has 0 aliphatic rings. The zero-order chi connectivity index (χ0) is 14.8. The van der Waals surface area contributed by atoms with Gasteiger partial charge in [0.1, 0.15) is 5.75 Å². The second-order valence-electron chi connectivity index (χ2n) is 4.80. The third kappa shape index (κ3) is 6.25. The van der Waals surface area contributed by atoms with Crippen molar-refractivity contribution in [3.8, 4) is 5.75 Å². The SMILES string of the molecule is CCCOc1ccc(Br)cc1CNCCN(CC)CC. The highest BCUT2D eigenvalue weighted by Crippen LogP contribution is 2.23. The number of rotatable bonds is 10. The van der Waals surface area contributed by atoms with Gasteiger partial charge in [0.2, 0.25) is 0 Å². The van der Waals surface area contributed by atoms with Gasteiger partial charge in [0.05, 0.1) is 6.61 Å². The highest BCUT2D eigenvalue weighted by atomic mass is 79.9. The van der Waals surface area contributed by atoms with Crippen LogP contribution in [-0.2, 0) is 6.54 Å². The summed E-state index contributed by atoms with van der Waals surface area (Å²) >= 11 is 3.53. The van der Waals surface area contributed by atoms with Crippen LogP contribution < -0.4 is 10.1 Å². The molecule has 114 valence electrons.